The molecule has 0 N–H and O–H groups in total. The highest BCUT2D eigenvalue weighted by Gasteiger charge is 2.19. The molecule has 5 heteroatoms. The molecular weight excluding hydrogens is 289 g/mol. The molecule has 3 rings (SSSR count). The van der Waals surface area contributed by atoms with Crippen molar-refractivity contribution >= 4 is 22.6 Å². The Bertz CT molecular complexity index is 619. The number of benzene rings is 1. The zero-order chi connectivity index (χ0) is 14.8. The number of aromatic nitrogens is 2. The summed E-state index contributed by atoms with van der Waals surface area (Å²) in [6.45, 7) is 5.43. The molecule has 1 atom stereocenters. The number of nitrogens with zero attached hydrogens (tertiary/aromatic N) is 3. The van der Waals surface area contributed by atoms with E-state index in [4.69, 9.17) is 11.6 Å². The van der Waals surface area contributed by atoms with E-state index >= 15 is 0 Å². The summed E-state index contributed by atoms with van der Waals surface area (Å²) < 4.78 is 15.5. The van der Waals surface area contributed by atoms with Crippen molar-refractivity contribution < 1.29 is 4.39 Å². The Labute approximate surface area is 129 Å². The summed E-state index contributed by atoms with van der Waals surface area (Å²) in [5.41, 5.74) is 1.66. The topological polar surface area (TPSA) is 21.1 Å². The first-order chi connectivity index (χ1) is 10.2. The van der Waals surface area contributed by atoms with Crippen LogP contribution >= 0.6 is 11.6 Å². The number of rotatable bonds is 4. The molecule has 0 spiro atoms. The average molecular weight is 310 g/mol. The Morgan fingerprint density at radius 2 is 2.05 bits per heavy atom. The second kappa shape index (κ2) is 6.32. The molecule has 0 amide bonds. The molecule has 0 aliphatic carbocycles. The van der Waals surface area contributed by atoms with Crippen LogP contribution < -0.4 is 0 Å². The van der Waals surface area contributed by atoms with Crippen molar-refractivity contribution in [2.24, 2.45) is 0 Å². The molecule has 2 aromatic rings. The van der Waals surface area contributed by atoms with Gasteiger partial charge in [0.1, 0.15) is 11.6 Å². The van der Waals surface area contributed by atoms with Gasteiger partial charge in [0, 0.05) is 18.7 Å². The van der Waals surface area contributed by atoms with Crippen LogP contribution in [0.2, 0.25) is 0 Å². The molecule has 0 saturated carbocycles. The van der Waals surface area contributed by atoms with Gasteiger partial charge in [0.05, 0.1) is 16.9 Å². The van der Waals surface area contributed by atoms with Gasteiger partial charge in [-0.1, -0.05) is 6.42 Å². The minimum Gasteiger partial charge on any atom is -0.325 e. The normalized spacial score (nSPS) is 18.2. The third kappa shape index (κ3) is 3.06. The highest BCUT2D eigenvalue weighted by atomic mass is 35.5. The predicted molar refractivity (Wildman–Crippen MR) is 84.1 cm³/mol. The fourth-order valence-corrected chi connectivity index (χ4v) is 3.40. The van der Waals surface area contributed by atoms with Gasteiger partial charge in [-0.25, -0.2) is 9.37 Å². The Morgan fingerprint density at radius 1 is 1.29 bits per heavy atom. The van der Waals surface area contributed by atoms with E-state index in [0.29, 0.717) is 17.4 Å². The summed E-state index contributed by atoms with van der Waals surface area (Å²) in [6, 6.07) is 5.21. The SMILES string of the molecule is CC(Cn1c(CCl)nc2cc(F)ccc21)N1CCCCC1. The zero-order valence-electron chi connectivity index (χ0n) is 12.4. The van der Waals surface area contributed by atoms with Gasteiger partial charge >= 0.3 is 0 Å². The lowest BCUT2D eigenvalue weighted by molar-refractivity contribution is 0.160. The molecule has 1 saturated heterocycles. The fourth-order valence-electron chi connectivity index (χ4n) is 3.20. The molecule has 2 heterocycles. The van der Waals surface area contributed by atoms with Crippen molar-refractivity contribution in [1.82, 2.24) is 14.5 Å². The van der Waals surface area contributed by atoms with Crippen molar-refractivity contribution in [2.75, 3.05) is 13.1 Å². The van der Waals surface area contributed by atoms with Crippen molar-refractivity contribution in [3.8, 4) is 0 Å². The molecule has 21 heavy (non-hydrogen) atoms. The maximum atomic E-state index is 13.3. The molecule has 3 nitrogen and oxygen atoms in total. The van der Waals surface area contributed by atoms with Crippen molar-refractivity contribution in [2.45, 2.75) is 44.7 Å². The van der Waals surface area contributed by atoms with E-state index in [2.05, 4.69) is 21.4 Å². The molecule has 1 aliphatic heterocycles. The van der Waals surface area contributed by atoms with E-state index < -0.39 is 0 Å². The number of fused-ring (bicyclic) bond motifs is 1. The van der Waals surface area contributed by atoms with Crippen LogP contribution in [0.25, 0.3) is 11.0 Å². The first kappa shape index (κ1) is 14.8. The lowest BCUT2D eigenvalue weighted by Crippen LogP contribution is -2.40. The van der Waals surface area contributed by atoms with Gasteiger partial charge in [-0.05, 0) is 45.0 Å². The van der Waals surface area contributed by atoms with Crippen LogP contribution in [0.15, 0.2) is 18.2 Å². The highest BCUT2D eigenvalue weighted by Crippen LogP contribution is 2.21. The summed E-state index contributed by atoms with van der Waals surface area (Å²) >= 11 is 6.02. The van der Waals surface area contributed by atoms with Crippen LogP contribution in [-0.2, 0) is 12.4 Å². The van der Waals surface area contributed by atoms with E-state index in [9.17, 15) is 4.39 Å². The van der Waals surface area contributed by atoms with E-state index in [1.54, 1.807) is 6.07 Å². The third-order valence-electron chi connectivity index (χ3n) is 4.37. The fraction of sp³-hybridized carbons (Fsp3) is 0.562. The van der Waals surface area contributed by atoms with Crippen molar-refractivity contribution in [1.29, 1.82) is 0 Å². The average Bonchev–Trinajstić information content (AvgIpc) is 2.85. The molecule has 1 fully saturated rings. The van der Waals surface area contributed by atoms with Gasteiger partial charge in [-0.15, -0.1) is 11.6 Å². The van der Waals surface area contributed by atoms with Crippen LogP contribution in [0.3, 0.4) is 0 Å². The van der Waals surface area contributed by atoms with Crippen molar-refractivity contribution in [3.63, 3.8) is 0 Å². The maximum Gasteiger partial charge on any atom is 0.125 e. The molecule has 114 valence electrons. The summed E-state index contributed by atoms with van der Waals surface area (Å²) in [5, 5.41) is 0. The minimum atomic E-state index is -0.252. The smallest absolute Gasteiger partial charge is 0.125 e. The van der Waals surface area contributed by atoms with Gasteiger partial charge < -0.3 is 4.57 Å². The molecule has 1 aliphatic rings. The first-order valence-corrected chi connectivity index (χ1v) is 8.17. The van der Waals surface area contributed by atoms with Crippen molar-refractivity contribution in [3.05, 3.63) is 29.8 Å². The van der Waals surface area contributed by atoms with Gasteiger partial charge in [0.2, 0.25) is 0 Å². The van der Waals surface area contributed by atoms with E-state index in [0.717, 1.165) is 17.9 Å². The zero-order valence-corrected chi connectivity index (χ0v) is 13.1. The Balaban J connectivity index is 1.88. The van der Waals surface area contributed by atoms with Crippen LogP contribution in [0.1, 0.15) is 32.0 Å². The van der Waals surface area contributed by atoms with Crippen LogP contribution in [0.4, 0.5) is 4.39 Å². The largest absolute Gasteiger partial charge is 0.325 e. The molecule has 1 aromatic heterocycles. The lowest BCUT2D eigenvalue weighted by atomic mass is 10.1. The first-order valence-electron chi connectivity index (χ1n) is 7.63. The number of halogens is 2. The molecular formula is C16H21ClFN3. The standard InChI is InChI=1S/C16H21ClFN3/c1-12(20-7-3-2-4-8-20)11-21-15-6-5-13(18)9-14(15)19-16(21)10-17/h5-6,9,12H,2-4,7-8,10-11H2,1H3. The second-order valence-corrected chi connectivity index (χ2v) is 6.12. The molecule has 1 unspecified atom stereocenters. The summed E-state index contributed by atoms with van der Waals surface area (Å²) in [7, 11) is 0. The van der Waals surface area contributed by atoms with E-state index in [1.165, 1.54) is 44.5 Å². The van der Waals surface area contributed by atoms with Gasteiger partial charge in [-0.3, -0.25) is 4.90 Å². The number of hydrogen-bond acceptors (Lipinski definition) is 2. The molecule has 0 radical (unpaired) electrons. The van der Waals surface area contributed by atoms with Crippen LogP contribution in [0, 0.1) is 5.82 Å². The van der Waals surface area contributed by atoms with Crippen LogP contribution in [-0.4, -0.2) is 33.6 Å². The number of alkyl halides is 1. The summed E-state index contributed by atoms with van der Waals surface area (Å²) in [5.74, 6) is 0.918. The monoisotopic (exact) mass is 309 g/mol. The molecule has 1 aromatic carbocycles. The molecule has 0 bridgehead atoms. The second-order valence-electron chi connectivity index (χ2n) is 5.85. The van der Waals surface area contributed by atoms with Crippen LogP contribution in [0.5, 0.6) is 0 Å². The Hall–Kier alpha value is -1.13. The summed E-state index contributed by atoms with van der Waals surface area (Å²) in [6.07, 6.45) is 3.90. The highest BCUT2D eigenvalue weighted by molar-refractivity contribution is 6.16. The third-order valence-corrected chi connectivity index (χ3v) is 4.61. The number of hydrogen-bond donors (Lipinski definition) is 0. The Kier molecular flexibility index (Phi) is 4.45. The predicted octanol–water partition coefficient (Wildman–Crippen LogP) is 3.79. The number of likely N-dealkylation sites (tertiary alicyclic amines) is 1. The Morgan fingerprint density at radius 3 is 2.76 bits per heavy atom. The minimum absolute atomic E-state index is 0.252. The maximum absolute atomic E-state index is 13.3. The number of imidazole rings is 1. The van der Waals surface area contributed by atoms with Gasteiger partial charge in [0.25, 0.3) is 0 Å². The van der Waals surface area contributed by atoms with Gasteiger partial charge in [-0.2, -0.15) is 0 Å². The summed E-state index contributed by atoms with van der Waals surface area (Å²) in [4.78, 5) is 6.99. The van der Waals surface area contributed by atoms with Gasteiger partial charge in [0.15, 0.2) is 0 Å². The quantitative estimate of drug-likeness (QED) is 0.801. The lowest BCUT2D eigenvalue weighted by Gasteiger charge is -2.32. The van der Waals surface area contributed by atoms with E-state index in [-0.39, 0.29) is 5.82 Å². The van der Waals surface area contributed by atoms with E-state index in [1.807, 2.05) is 0 Å². The number of piperidine rings is 1.